The zero-order valence-corrected chi connectivity index (χ0v) is 10.1. The van der Waals surface area contributed by atoms with Crippen LogP contribution in [0.15, 0.2) is 24.3 Å². The van der Waals surface area contributed by atoms with Crippen molar-refractivity contribution < 1.29 is 14.6 Å². The van der Waals surface area contributed by atoms with Crippen molar-refractivity contribution in [1.29, 1.82) is 0 Å². The van der Waals surface area contributed by atoms with Gasteiger partial charge in [-0.2, -0.15) is 0 Å². The van der Waals surface area contributed by atoms with Crippen molar-refractivity contribution in [3.05, 3.63) is 29.8 Å². The van der Waals surface area contributed by atoms with Crippen LogP contribution in [0.2, 0.25) is 0 Å². The van der Waals surface area contributed by atoms with Crippen molar-refractivity contribution in [1.82, 2.24) is 5.32 Å². The molecule has 2 saturated heterocycles. The monoisotopic (exact) mass is 247 g/mol. The Balaban J connectivity index is 1.56. The van der Waals surface area contributed by atoms with Gasteiger partial charge in [0, 0.05) is 0 Å². The van der Waals surface area contributed by atoms with Gasteiger partial charge in [-0.25, -0.2) is 0 Å². The number of benzene rings is 1. The maximum Gasteiger partial charge on any atom is 0.224 e. The van der Waals surface area contributed by atoms with Crippen molar-refractivity contribution in [3.8, 4) is 5.75 Å². The highest BCUT2D eigenvalue weighted by atomic mass is 16.5. The number of phenols is 1. The number of fused-ring (bicyclic) bond motifs is 2. The lowest BCUT2D eigenvalue weighted by Crippen LogP contribution is -2.42. The van der Waals surface area contributed by atoms with Gasteiger partial charge in [-0.3, -0.25) is 4.79 Å². The third-order valence-corrected chi connectivity index (χ3v) is 3.73. The number of carbonyl (C=O) groups excluding carboxylic acids is 1. The molecule has 2 heterocycles. The molecule has 0 aromatic heterocycles. The molecule has 2 fully saturated rings. The van der Waals surface area contributed by atoms with E-state index in [1.54, 1.807) is 18.2 Å². The normalized spacial score (nSPS) is 29.4. The maximum absolute atomic E-state index is 11.9. The number of aromatic hydroxyl groups is 1. The van der Waals surface area contributed by atoms with E-state index in [2.05, 4.69) is 5.32 Å². The van der Waals surface area contributed by atoms with Crippen LogP contribution in [0, 0.1) is 0 Å². The SMILES string of the molecule is O=C(Cc1cccc(O)c1)NC1CC2CCC1O2. The fourth-order valence-corrected chi connectivity index (χ4v) is 2.90. The van der Waals surface area contributed by atoms with E-state index >= 15 is 0 Å². The standard InChI is InChI=1S/C14H17NO3/c16-10-3-1-2-9(6-10)7-14(17)15-12-8-11-4-5-13(12)18-11/h1-3,6,11-13,16H,4-5,7-8H2,(H,15,17). The maximum atomic E-state index is 11.9. The van der Waals surface area contributed by atoms with Gasteiger partial charge in [0.15, 0.2) is 0 Å². The summed E-state index contributed by atoms with van der Waals surface area (Å²) < 4.78 is 5.70. The van der Waals surface area contributed by atoms with Crippen molar-refractivity contribution >= 4 is 5.91 Å². The number of nitrogens with one attached hydrogen (secondary N) is 1. The van der Waals surface area contributed by atoms with Crippen LogP contribution in [0.5, 0.6) is 5.75 Å². The van der Waals surface area contributed by atoms with E-state index in [0.29, 0.717) is 12.5 Å². The third-order valence-electron chi connectivity index (χ3n) is 3.73. The van der Waals surface area contributed by atoms with E-state index in [9.17, 15) is 9.90 Å². The van der Waals surface area contributed by atoms with Crippen LogP contribution in [0.3, 0.4) is 0 Å². The first kappa shape index (κ1) is 11.5. The van der Waals surface area contributed by atoms with Gasteiger partial charge in [-0.05, 0) is 37.0 Å². The van der Waals surface area contributed by atoms with Crippen LogP contribution in [-0.2, 0) is 16.0 Å². The fraction of sp³-hybridized carbons (Fsp3) is 0.500. The first-order valence-corrected chi connectivity index (χ1v) is 6.43. The number of phenolic OH excluding ortho intramolecular Hbond substituents is 1. The Morgan fingerprint density at radius 1 is 1.44 bits per heavy atom. The molecule has 0 radical (unpaired) electrons. The first-order chi connectivity index (χ1) is 8.70. The molecule has 96 valence electrons. The van der Waals surface area contributed by atoms with E-state index in [1.807, 2.05) is 6.07 Å². The summed E-state index contributed by atoms with van der Waals surface area (Å²) in [6.45, 7) is 0. The molecule has 1 amide bonds. The van der Waals surface area contributed by atoms with Crippen molar-refractivity contribution in [2.75, 3.05) is 0 Å². The summed E-state index contributed by atoms with van der Waals surface area (Å²) in [6.07, 6.45) is 3.99. The number of rotatable bonds is 3. The number of amides is 1. The predicted octanol–water partition coefficient (Wildman–Crippen LogP) is 1.37. The summed E-state index contributed by atoms with van der Waals surface area (Å²) in [5.41, 5.74) is 0.830. The zero-order valence-electron chi connectivity index (χ0n) is 10.1. The van der Waals surface area contributed by atoms with Gasteiger partial charge in [-0.15, -0.1) is 0 Å². The van der Waals surface area contributed by atoms with E-state index < -0.39 is 0 Å². The second kappa shape index (κ2) is 4.61. The average molecular weight is 247 g/mol. The Kier molecular flexibility index (Phi) is 2.96. The Bertz CT molecular complexity index is 460. The van der Waals surface area contributed by atoms with Crippen molar-refractivity contribution in [2.24, 2.45) is 0 Å². The predicted molar refractivity (Wildman–Crippen MR) is 66.3 cm³/mol. The lowest BCUT2D eigenvalue weighted by Gasteiger charge is -2.20. The molecule has 1 aromatic carbocycles. The van der Waals surface area contributed by atoms with Gasteiger partial charge in [-0.1, -0.05) is 12.1 Å². The lowest BCUT2D eigenvalue weighted by atomic mass is 9.95. The molecule has 3 unspecified atom stereocenters. The van der Waals surface area contributed by atoms with E-state index in [4.69, 9.17) is 4.74 Å². The molecule has 3 atom stereocenters. The quantitative estimate of drug-likeness (QED) is 0.848. The molecule has 2 aliphatic heterocycles. The van der Waals surface area contributed by atoms with E-state index in [-0.39, 0.29) is 23.8 Å². The highest BCUT2D eigenvalue weighted by Gasteiger charge is 2.41. The summed E-state index contributed by atoms with van der Waals surface area (Å²) in [5, 5.41) is 12.4. The second-order valence-electron chi connectivity index (χ2n) is 5.13. The van der Waals surface area contributed by atoms with Crippen LogP contribution in [0.1, 0.15) is 24.8 Å². The van der Waals surface area contributed by atoms with Crippen LogP contribution in [0.4, 0.5) is 0 Å². The highest BCUT2D eigenvalue weighted by Crippen LogP contribution is 2.34. The Morgan fingerprint density at radius 3 is 3.00 bits per heavy atom. The molecule has 0 spiro atoms. The average Bonchev–Trinajstić information content (AvgIpc) is 2.90. The van der Waals surface area contributed by atoms with Gasteiger partial charge < -0.3 is 15.2 Å². The molecular formula is C14H17NO3. The first-order valence-electron chi connectivity index (χ1n) is 6.43. The smallest absolute Gasteiger partial charge is 0.224 e. The highest BCUT2D eigenvalue weighted by molar-refractivity contribution is 5.79. The number of ether oxygens (including phenoxy) is 1. The molecule has 4 heteroatoms. The molecule has 0 aliphatic carbocycles. The number of hydrogen-bond acceptors (Lipinski definition) is 3. The third kappa shape index (κ3) is 2.34. The van der Waals surface area contributed by atoms with Crippen molar-refractivity contribution in [3.63, 3.8) is 0 Å². The van der Waals surface area contributed by atoms with Crippen LogP contribution in [-0.4, -0.2) is 29.3 Å². The second-order valence-corrected chi connectivity index (χ2v) is 5.13. The largest absolute Gasteiger partial charge is 0.508 e. The summed E-state index contributed by atoms with van der Waals surface area (Å²) in [5.74, 6) is 0.199. The molecule has 2 bridgehead atoms. The van der Waals surface area contributed by atoms with Crippen molar-refractivity contribution in [2.45, 2.75) is 43.9 Å². The Hall–Kier alpha value is -1.55. The zero-order chi connectivity index (χ0) is 12.5. The molecule has 0 saturated carbocycles. The molecule has 2 aliphatic rings. The lowest BCUT2D eigenvalue weighted by molar-refractivity contribution is -0.121. The van der Waals surface area contributed by atoms with E-state index in [0.717, 1.165) is 24.8 Å². The minimum absolute atomic E-state index is 0.00162. The van der Waals surface area contributed by atoms with Gasteiger partial charge in [0.2, 0.25) is 5.91 Å². The van der Waals surface area contributed by atoms with Gasteiger partial charge >= 0.3 is 0 Å². The minimum Gasteiger partial charge on any atom is -0.508 e. The molecule has 1 aromatic rings. The van der Waals surface area contributed by atoms with Gasteiger partial charge in [0.1, 0.15) is 5.75 Å². The molecule has 4 nitrogen and oxygen atoms in total. The molecule has 3 rings (SSSR count). The summed E-state index contributed by atoms with van der Waals surface area (Å²) in [7, 11) is 0. The Labute approximate surface area is 106 Å². The molecule has 2 N–H and O–H groups in total. The Morgan fingerprint density at radius 2 is 2.33 bits per heavy atom. The molecule has 18 heavy (non-hydrogen) atoms. The van der Waals surface area contributed by atoms with Crippen LogP contribution >= 0.6 is 0 Å². The topological polar surface area (TPSA) is 58.6 Å². The minimum atomic E-state index is 0.00162. The van der Waals surface area contributed by atoms with Crippen LogP contribution in [0.25, 0.3) is 0 Å². The summed E-state index contributed by atoms with van der Waals surface area (Å²) in [6, 6.07) is 6.99. The number of hydrogen-bond donors (Lipinski definition) is 2. The summed E-state index contributed by atoms with van der Waals surface area (Å²) in [4.78, 5) is 11.9. The molecular weight excluding hydrogens is 230 g/mol. The van der Waals surface area contributed by atoms with Gasteiger partial charge in [0.05, 0.1) is 24.7 Å². The fourth-order valence-electron chi connectivity index (χ4n) is 2.90. The number of carbonyl (C=O) groups is 1. The van der Waals surface area contributed by atoms with Gasteiger partial charge in [0.25, 0.3) is 0 Å². The van der Waals surface area contributed by atoms with E-state index in [1.165, 1.54) is 0 Å². The van der Waals surface area contributed by atoms with Crippen LogP contribution < -0.4 is 5.32 Å². The summed E-state index contributed by atoms with van der Waals surface area (Å²) >= 11 is 0.